The zero-order valence-corrected chi connectivity index (χ0v) is 13.2. The molecule has 2 aromatic rings. The number of hydrogen-bond acceptors (Lipinski definition) is 3. The number of ether oxygens (including phenoxy) is 1. The van der Waals surface area contributed by atoms with Gasteiger partial charge in [0.2, 0.25) is 5.91 Å². The summed E-state index contributed by atoms with van der Waals surface area (Å²) in [5.74, 6) is -0.0288. The Morgan fingerprint density at radius 3 is 2.00 bits per heavy atom. The third-order valence-electron chi connectivity index (χ3n) is 3.94. The van der Waals surface area contributed by atoms with Crippen molar-refractivity contribution in [2.24, 2.45) is 0 Å². The van der Waals surface area contributed by atoms with E-state index in [0.717, 1.165) is 19.6 Å². The molecule has 1 aliphatic rings. The molecule has 120 valence electrons. The molecule has 1 amide bonds. The van der Waals surface area contributed by atoms with Crippen LogP contribution in [-0.2, 0) is 22.6 Å². The predicted molar refractivity (Wildman–Crippen MR) is 89.7 cm³/mol. The number of hydrogen-bond donors (Lipinski definition) is 1. The maximum absolute atomic E-state index is 11.2. The minimum Gasteiger partial charge on any atom is -0.365 e. The average Bonchev–Trinajstić information content (AvgIpc) is 2.59. The molecule has 1 N–H and O–H groups in total. The van der Waals surface area contributed by atoms with Crippen LogP contribution >= 0.6 is 0 Å². The molecule has 0 bridgehead atoms. The fraction of sp³-hybridized carbons (Fsp3) is 0.316. The van der Waals surface area contributed by atoms with Gasteiger partial charge in [0.25, 0.3) is 0 Å². The van der Waals surface area contributed by atoms with Gasteiger partial charge in [-0.15, -0.1) is 0 Å². The number of nitrogens with zero attached hydrogens (tertiary/aromatic N) is 1. The Kier molecular flexibility index (Phi) is 5.40. The molecular formula is C19H22N2O2. The fourth-order valence-electron chi connectivity index (χ4n) is 2.80. The van der Waals surface area contributed by atoms with Crippen LogP contribution in [0.15, 0.2) is 60.7 Å². The topological polar surface area (TPSA) is 41.6 Å². The number of nitrogens with one attached hydrogen (secondary N) is 1. The molecule has 23 heavy (non-hydrogen) atoms. The standard InChI is InChI=1S/C19H22N2O2/c22-19-15-23-18(11-20-19)14-21(12-16-7-3-1-4-8-16)13-17-9-5-2-6-10-17/h1-10,18H,11-15H2,(H,20,22)/t18-/m0/s1. The molecule has 0 unspecified atom stereocenters. The number of morpholine rings is 1. The summed E-state index contributed by atoms with van der Waals surface area (Å²) in [6.07, 6.45) is 0.0418. The molecule has 4 nitrogen and oxygen atoms in total. The SMILES string of the molecule is O=C1CO[C@H](CN(Cc2ccccc2)Cc2ccccc2)CN1. The quantitative estimate of drug-likeness (QED) is 0.889. The van der Waals surface area contributed by atoms with Gasteiger partial charge in [-0.05, 0) is 11.1 Å². The molecule has 3 rings (SSSR count). The summed E-state index contributed by atoms with van der Waals surface area (Å²) >= 11 is 0. The van der Waals surface area contributed by atoms with Crippen LogP contribution in [0.4, 0.5) is 0 Å². The van der Waals surface area contributed by atoms with E-state index in [4.69, 9.17) is 4.74 Å². The Balaban J connectivity index is 1.66. The van der Waals surface area contributed by atoms with E-state index in [1.54, 1.807) is 0 Å². The first-order valence-corrected chi connectivity index (χ1v) is 7.98. The van der Waals surface area contributed by atoms with Crippen LogP contribution in [0.2, 0.25) is 0 Å². The van der Waals surface area contributed by atoms with Gasteiger partial charge in [-0.2, -0.15) is 0 Å². The first-order valence-electron chi connectivity index (χ1n) is 7.98. The molecule has 0 aliphatic carbocycles. The first-order chi connectivity index (χ1) is 11.3. The Labute approximate surface area is 137 Å². The Bertz CT molecular complexity index is 564. The van der Waals surface area contributed by atoms with E-state index < -0.39 is 0 Å². The van der Waals surface area contributed by atoms with Gasteiger partial charge in [0.15, 0.2) is 0 Å². The summed E-state index contributed by atoms with van der Waals surface area (Å²) in [5, 5.41) is 2.87. The number of rotatable bonds is 6. The number of carbonyl (C=O) groups is 1. The Morgan fingerprint density at radius 1 is 0.957 bits per heavy atom. The summed E-state index contributed by atoms with van der Waals surface area (Å²) in [7, 11) is 0. The van der Waals surface area contributed by atoms with Gasteiger partial charge in [0.05, 0.1) is 6.10 Å². The van der Waals surface area contributed by atoms with E-state index in [2.05, 4.69) is 58.7 Å². The molecular weight excluding hydrogens is 288 g/mol. The highest BCUT2D eigenvalue weighted by molar-refractivity contribution is 5.77. The number of benzene rings is 2. The van der Waals surface area contributed by atoms with Crippen LogP contribution in [0.3, 0.4) is 0 Å². The third kappa shape index (κ3) is 4.91. The van der Waals surface area contributed by atoms with Gasteiger partial charge in [0.1, 0.15) is 6.61 Å². The molecule has 1 saturated heterocycles. The second kappa shape index (κ2) is 7.90. The highest BCUT2D eigenvalue weighted by Gasteiger charge is 2.21. The van der Waals surface area contributed by atoms with Crippen molar-refractivity contribution in [1.82, 2.24) is 10.2 Å². The molecule has 1 aliphatic heterocycles. The monoisotopic (exact) mass is 310 g/mol. The van der Waals surface area contributed by atoms with Crippen molar-refractivity contribution in [2.75, 3.05) is 19.7 Å². The highest BCUT2D eigenvalue weighted by atomic mass is 16.5. The zero-order chi connectivity index (χ0) is 15.9. The van der Waals surface area contributed by atoms with Gasteiger partial charge in [0, 0.05) is 26.2 Å². The molecule has 0 saturated carbocycles. The fourth-order valence-corrected chi connectivity index (χ4v) is 2.80. The van der Waals surface area contributed by atoms with Crippen LogP contribution in [0.25, 0.3) is 0 Å². The smallest absolute Gasteiger partial charge is 0.246 e. The van der Waals surface area contributed by atoms with E-state index in [1.807, 2.05) is 12.1 Å². The lowest BCUT2D eigenvalue weighted by Crippen LogP contribution is -2.47. The zero-order valence-electron chi connectivity index (χ0n) is 13.2. The molecule has 1 heterocycles. The van der Waals surface area contributed by atoms with Gasteiger partial charge in [-0.3, -0.25) is 9.69 Å². The normalized spacial score (nSPS) is 18.0. The van der Waals surface area contributed by atoms with Gasteiger partial charge >= 0.3 is 0 Å². The van der Waals surface area contributed by atoms with Crippen molar-refractivity contribution in [3.63, 3.8) is 0 Å². The Hall–Kier alpha value is -2.17. The van der Waals surface area contributed by atoms with Crippen LogP contribution in [0.5, 0.6) is 0 Å². The lowest BCUT2D eigenvalue weighted by Gasteiger charge is -2.30. The minimum absolute atomic E-state index is 0.0288. The van der Waals surface area contributed by atoms with E-state index in [-0.39, 0.29) is 18.6 Å². The molecule has 1 fully saturated rings. The highest BCUT2D eigenvalue weighted by Crippen LogP contribution is 2.12. The molecule has 0 spiro atoms. The summed E-state index contributed by atoms with van der Waals surface area (Å²) < 4.78 is 5.64. The van der Waals surface area contributed by atoms with Crippen molar-refractivity contribution < 1.29 is 9.53 Å². The molecule has 2 aromatic carbocycles. The van der Waals surface area contributed by atoms with Crippen LogP contribution in [0, 0.1) is 0 Å². The molecule has 4 heteroatoms. The minimum atomic E-state index is -0.0288. The van der Waals surface area contributed by atoms with Crippen molar-refractivity contribution >= 4 is 5.91 Å². The molecule has 0 radical (unpaired) electrons. The van der Waals surface area contributed by atoms with Gasteiger partial charge in [-0.25, -0.2) is 0 Å². The van der Waals surface area contributed by atoms with Crippen molar-refractivity contribution in [3.05, 3.63) is 71.8 Å². The number of amides is 1. The summed E-state index contributed by atoms with van der Waals surface area (Å²) in [6, 6.07) is 20.9. The summed E-state index contributed by atoms with van der Waals surface area (Å²) in [4.78, 5) is 13.6. The third-order valence-corrected chi connectivity index (χ3v) is 3.94. The maximum atomic E-state index is 11.2. The molecule has 1 atom stereocenters. The van der Waals surface area contributed by atoms with Crippen LogP contribution in [0.1, 0.15) is 11.1 Å². The molecule has 0 aromatic heterocycles. The van der Waals surface area contributed by atoms with E-state index in [9.17, 15) is 4.79 Å². The van der Waals surface area contributed by atoms with Crippen molar-refractivity contribution in [1.29, 1.82) is 0 Å². The lowest BCUT2D eigenvalue weighted by atomic mass is 10.1. The second-order valence-electron chi connectivity index (χ2n) is 5.88. The van der Waals surface area contributed by atoms with E-state index in [0.29, 0.717) is 6.54 Å². The average molecular weight is 310 g/mol. The second-order valence-corrected chi connectivity index (χ2v) is 5.88. The largest absolute Gasteiger partial charge is 0.365 e. The van der Waals surface area contributed by atoms with Crippen molar-refractivity contribution in [2.45, 2.75) is 19.2 Å². The van der Waals surface area contributed by atoms with E-state index in [1.165, 1.54) is 11.1 Å². The summed E-state index contributed by atoms with van der Waals surface area (Å²) in [5.41, 5.74) is 2.56. The summed E-state index contributed by atoms with van der Waals surface area (Å²) in [6.45, 7) is 3.27. The Morgan fingerprint density at radius 2 is 1.52 bits per heavy atom. The lowest BCUT2D eigenvalue weighted by molar-refractivity contribution is -0.134. The number of carbonyl (C=O) groups excluding carboxylic acids is 1. The van der Waals surface area contributed by atoms with Crippen molar-refractivity contribution in [3.8, 4) is 0 Å². The maximum Gasteiger partial charge on any atom is 0.246 e. The van der Waals surface area contributed by atoms with Gasteiger partial charge in [-0.1, -0.05) is 60.7 Å². The van der Waals surface area contributed by atoms with Gasteiger partial charge < -0.3 is 10.1 Å². The first kappa shape index (κ1) is 15.7. The van der Waals surface area contributed by atoms with E-state index >= 15 is 0 Å². The van der Waals surface area contributed by atoms with Crippen LogP contribution in [-0.4, -0.2) is 36.6 Å². The van der Waals surface area contributed by atoms with Crippen LogP contribution < -0.4 is 5.32 Å². The predicted octanol–water partition coefficient (Wildman–Crippen LogP) is 2.20.